The molecule has 0 aliphatic heterocycles. The lowest BCUT2D eigenvalue weighted by Gasteiger charge is -2.23. The van der Waals surface area contributed by atoms with Gasteiger partial charge in [-0.15, -0.1) is 11.3 Å². The Morgan fingerprint density at radius 2 is 2.29 bits per heavy atom. The summed E-state index contributed by atoms with van der Waals surface area (Å²) in [6.07, 6.45) is 4.72. The van der Waals surface area contributed by atoms with E-state index in [9.17, 15) is 4.79 Å². The van der Waals surface area contributed by atoms with Gasteiger partial charge in [-0.3, -0.25) is 9.78 Å². The molecule has 1 amide bonds. The molecule has 3 rings (SSSR count). The van der Waals surface area contributed by atoms with Gasteiger partial charge in [-0.2, -0.15) is 0 Å². The molecule has 6 heteroatoms. The fourth-order valence-electron chi connectivity index (χ4n) is 2.54. The highest BCUT2D eigenvalue weighted by atomic mass is 32.1. The zero-order valence-electron chi connectivity index (χ0n) is 11.3. The topological polar surface area (TPSA) is 68.0 Å². The van der Waals surface area contributed by atoms with Crippen LogP contribution in [-0.4, -0.2) is 15.9 Å². The Bertz CT molecular complexity index is 678. The van der Waals surface area contributed by atoms with Crippen molar-refractivity contribution in [2.75, 3.05) is 0 Å². The first kappa shape index (κ1) is 14.2. The van der Waals surface area contributed by atoms with Crippen LogP contribution in [0.25, 0.3) is 0 Å². The van der Waals surface area contributed by atoms with Crippen molar-refractivity contribution in [3.63, 3.8) is 0 Å². The highest BCUT2D eigenvalue weighted by Crippen LogP contribution is 2.33. The minimum atomic E-state index is -0.159. The van der Waals surface area contributed by atoms with Gasteiger partial charge in [-0.25, -0.2) is 0 Å². The molecule has 2 aromatic rings. The van der Waals surface area contributed by atoms with Gasteiger partial charge in [-0.05, 0) is 48.4 Å². The number of aryl methyl sites for hydroxylation is 1. The maximum atomic E-state index is 12.3. The van der Waals surface area contributed by atoms with Gasteiger partial charge < -0.3 is 11.1 Å². The number of nitrogens with zero attached hydrogens (tertiary/aromatic N) is 1. The third kappa shape index (κ3) is 2.96. The van der Waals surface area contributed by atoms with Crippen molar-refractivity contribution in [1.29, 1.82) is 0 Å². The van der Waals surface area contributed by atoms with Gasteiger partial charge in [0.1, 0.15) is 10.7 Å². The first-order valence-electron chi connectivity index (χ1n) is 6.78. The fourth-order valence-corrected chi connectivity index (χ4v) is 3.65. The van der Waals surface area contributed by atoms with Crippen molar-refractivity contribution in [2.45, 2.75) is 25.3 Å². The lowest BCUT2D eigenvalue weighted by Crippen LogP contribution is -2.31. The minimum absolute atomic E-state index is 0.0876. The SMILES string of the molecule is NC(=S)c1ccc(C(=O)NC2CCCc3sccc32)nc1. The molecule has 0 fully saturated rings. The van der Waals surface area contributed by atoms with Crippen LogP contribution in [0.2, 0.25) is 0 Å². The molecule has 1 atom stereocenters. The average Bonchev–Trinajstić information content (AvgIpc) is 2.97. The summed E-state index contributed by atoms with van der Waals surface area (Å²) in [5, 5.41) is 5.15. The molecular weight excluding hydrogens is 302 g/mol. The number of rotatable bonds is 3. The van der Waals surface area contributed by atoms with E-state index in [0.717, 1.165) is 19.3 Å². The van der Waals surface area contributed by atoms with Crippen LogP contribution in [0.1, 0.15) is 45.4 Å². The van der Waals surface area contributed by atoms with Crippen LogP contribution in [0.5, 0.6) is 0 Å². The molecule has 1 unspecified atom stereocenters. The first-order chi connectivity index (χ1) is 10.1. The number of aromatic nitrogens is 1. The summed E-state index contributed by atoms with van der Waals surface area (Å²) in [5.74, 6) is -0.159. The second-order valence-corrected chi connectivity index (χ2v) is 6.45. The summed E-state index contributed by atoms with van der Waals surface area (Å²) in [6, 6.07) is 5.57. The Hall–Kier alpha value is -1.79. The van der Waals surface area contributed by atoms with Crippen molar-refractivity contribution < 1.29 is 4.79 Å². The number of carbonyl (C=O) groups excluding carboxylic acids is 1. The number of nitrogens with two attached hydrogens (primary N) is 1. The molecule has 0 saturated heterocycles. The maximum absolute atomic E-state index is 12.3. The molecule has 0 saturated carbocycles. The molecule has 108 valence electrons. The number of amides is 1. The van der Waals surface area contributed by atoms with Crippen LogP contribution in [0.4, 0.5) is 0 Å². The molecule has 1 aliphatic rings. The van der Waals surface area contributed by atoms with Gasteiger partial charge >= 0.3 is 0 Å². The Morgan fingerprint density at radius 1 is 1.43 bits per heavy atom. The van der Waals surface area contributed by atoms with E-state index in [1.165, 1.54) is 16.6 Å². The van der Waals surface area contributed by atoms with E-state index >= 15 is 0 Å². The molecule has 0 radical (unpaired) electrons. The summed E-state index contributed by atoms with van der Waals surface area (Å²) in [5.41, 5.74) is 7.82. The summed E-state index contributed by atoms with van der Waals surface area (Å²) < 4.78 is 0. The average molecular weight is 317 g/mol. The number of carbonyl (C=O) groups is 1. The van der Waals surface area contributed by atoms with Gasteiger partial charge in [0, 0.05) is 16.6 Å². The highest BCUT2D eigenvalue weighted by molar-refractivity contribution is 7.80. The van der Waals surface area contributed by atoms with Crippen molar-refractivity contribution >= 4 is 34.5 Å². The molecule has 0 bridgehead atoms. The zero-order chi connectivity index (χ0) is 14.8. The number of fused-ring (bicyclic) bond motifs is 1. The number of thiophene rings is 1. The minimum Gasteiger partial charge on any atom is -0.389 e. The second-order valence-electron chi connectivity index (χ2n) is 5.01. The van der Waals surface area contributed by atoms with Crippen molar-refractivity contribution in [2.24, 2.45) is 5.73 Å². The third-order valence-corrected chi connectivity index (χ3v) is 4.87. The van der Waals surface area contributed by atoms with Crippen molar-refractivity contribution in [3.05, 3.63) is 51.5 Å². The Labute approximate surface area is 132 Å². The smallest absolute Gasteiger partial charge is 0.270 e. The lowest BCUT2D eigenvalue weighted by molar-refractivity contribution is 0.0928. The normalized spacial score (nSPS) is 17.0. The summed E-state index contributed by atoms with van der Waals surface area (Å²) in [6.45, 7) is 0. The Kier molecular flexibility index (Phi) is 3.98. The quantitative estimate of drug-likeness (QED) is 0.854. The number of hydrogen-bond donors (Lipinski definition) is 2. The number of pyridine rings is 1. The third-order valence-electron chi connectivity index (χ3n) is 3.64. The van der Waals surface area contributed by atoms with Crippen LogP contribution in [0.15, 0.2) is 29.8 Å². The monoisotopic (exact) mass is 317 g/mol. The standard InChI is InChI=1S/C15H15N3OS2/c16-14(20)9-4-5-12(17-8-9)15(19)18-11-2-1-3-13-10(11)6-7-21-13/h4-8,11H,1-3H2,(H2,16,20)(H,18,19). The van der Waals surface area contributed by atoms with E-state index in [2.05, 4.69) is 21.7 Å². The van der Waals surface area contributed by atoms with E-state index in [-0.39, 0.29) is 16.9 Å². The Balaban J connectivity index is 1.74. The van der Waals surface area contributed by atoms with Crippen LogP contribution in [-0.2, 0) is 6.42 Å². The predicted molar refractivity (Wildman–Crippen MR) is 87.6 cm³/mol. The molecule has 21 heavy (non-hydrogen) atoms. The zero-order valence-corrected chi connectivity index (χ0v) is 13.0. The van der Waals surface area contributed by atoms with Crippen molar-refractivity contribution in [3.8, 4) is 0 Å². The van der Waals surface area contributed by atoms with E-state index in [4.69, 9.17) is 18.0 Å². The predicted octanol–water partition coefficient (Wildman–Crippen LogP) is 2.58. The van der Waals surface area contributed by atoms with Gasteiger partial charge in [0.2, 0.25) is 0 Å². The van der Waals surface area contributed by atoms with Crippen LogP contribution in [0.3, 0.4) is 0 Å². The van der Waals surface area contributed by atoms with Crippen LogP contribution >= 0.6 is 23.6 Å². The molecule has 1 aliphatic carbocycles. The van der Waals surface area contributed by atoms with E-state index in [0.29, 0.717) is 11.3 Å². The number of thiocarbonyl (C=S) groups is 1. The summed E-state index contributed by atoms with van der Waals surface area (Å²) in [7, 11) is 0. The molecule has 0 aromatic carbocycles. The van der Waals surface area contributed by atoms with Crippen LogP contribution in [0, 0.1) is 0 Å². The van der Waals surface area contributed by atoms with Gasteiger partial charge in [0.15, 0.2) is 0 Å². The molecule has 3 N–H and O–H groups in total. The number of hydrogen-bond acceptors (Lipinski definition) is 4. The second kappa shape index (κ2) is 5.91. The molecule has 2 heterocycles. The van der Waals surface area contributed by atoms with Gasteiger partial charge in [0.25, 0.3) is 5.91 Å². The molecular formula is C15H15N3OS2. The summed E-state index contributed by atoms with van der Waals surface area (Å²) >= 11 is 6.64. The molecule has 0 spiro atoms. The fraction of sp³-hybridized carbons (Fsp3) is 0.267. The van der Waals surface area contributed by atoms with Crippen molar-refractivity contribution in [1.82, 2.24) is 10.3 Å². The van der Waals surface area contributed by atoms with E-state index in [1.54, 1.807) is 23.5 Å². The summed E-state index contributed by atoms with van der Waals surface area (Å²) in [4.78, 5) is 18.1. The number of nitrogens with one attached hydrogen (secondary N) is 1. The Morgan fingerprint density at radius 3 is 3.00 bits per heavy atom. The lowest BCUT2D eigenvalue weighted by atomic mass is 9.94. The van der Waals surface area contributed by atoms with E-state index < -0.39 is 0 Å². The molecule has 2 aromatic heterocycles. The van der Waals surface area contributed by atoms with Gasteiger partial charge in [0.05, 0.1) is 6.04 Å². The van der Waals surface area contributed by atoms with E-state index in [1.807, 2.05) is 0 Å². The first-order valence-corrected chi connectivity index (χ1v) is 8.07. The molecule has 4 nitrogen and oxygen atoms in total. The highest BCUT2D eigenvalue weighted by Gasteiger charge is 2.23. The maximum Gasteiger partial charge on any atom is 0.270 e. The van der Waals surface area contributed by atoms with Crippen LogP contribution < -0.4 is 11.1 Å². The van der Waals surface area contributed by atoms with Gasteiger partial charge in [-0.1, -0.05) is 12.2 Å². The largest absolute Gasteiger partial charge is 0.389 e.